The van der Waals surface area contributed by atoms with Gasteiger partial charge in [-0.25, -0.2) is 9.97 Å². The highest BCUT2D eigenvalue weighted by Gasteiger charge is 2.15. The summed E-state index contributed by atoms with van der Waals surface area (Å²) in [5.74, 6) is -0.168. The lowest BCUT2D eigenvalue weighted by atomic mass is 9.87. The Labute approximate surface area is 181 Å². The van der Waals surface area contributed by atoms with E-state index in [4.69, 9.17) is 0 Å². The number of H-pyrrole nitrogens is 1. The van der Waals surface area contributed by atoms with E-state index in [0.717, 1.165) is 27.9 Å². The van der Waals surface area contributed by atoms with Gasteiger partial charge in [-0.3, -0.25) is 4.79 Å². The molecular weight excluding hydrogens is 386 g/mol. The van der Waals surface area contributed by atoms with Gasteiger partial charge >= 0.3 is 0 Å². The van der Waals surface area contributed by atoms with Crippen LogP contribution < -0.4 is 5.32 Å². The zero-order valence-electron chi connectivity index (χ0n) is 17.7. The smallest absolute Gasteiger partial charge is 0.251 e. The summed E-state index contributed by atoms with van der Waals surface area (Å²) >= 11 is 0. The second-order valence-corrected chi connectivity index (χ2v) is 8.46. The first kappa shape index (κ1) is 20.3. The Morgan fingerprint density at radius 2 is 1.87 bits per heavy atom. The molecule has 0 atom stereocenters. The van der Waals surface area contributed by atoms with Crippen LogP contribution in [0.15, 0.2) is 61.1 Å². The summed E-state index contributed by atoms with van der Waals surface area (Å²) in [7, 11) is 0. The normalized spacial score (nSPS) is 11.3. The molecule has 4 rings (SSSR count). The monoisotopic (exact) mass is 409 g/mol. The summed E-state index contributed by atoms with van der Waals surface area (Å²) in [5.41, 5.74) is 5.40. The van der Waals surface area contributed by atoms with E-state index in [2.05, 4.69) is 47.1 Å². The highest BCUT2D eigenvalue weighted by molar-refractivity contribution is 5.94. The van der Waals surface area contributed by atoms with E-state index in [1.165, 1.54) is 11.9 Å². The van der Waals surface area contributed by atoms with Crippen molar-refractivity contribution in [2.75, 3.05) is 0 Å². The van der Waals surface area contributed by atoms with Crippen LogP contribution in [-0.4, -0.2) is 20.9 Å². The first-order valence-corrected chi connectivity index (χ1v) is 10.1. The van der Waals surface area contributed by atoms with Crippen LogP contribution in [0.25, 0.3) is 22.3 Å². The van der Waals surface area contributed by atoms with E-state index < -0.39 is 0 Å². The summed E-state index contributed by atoms with van der Waals surface area (Å²) in [6, 6.07) is 17.3. The van der Waals surface area contributed by atoms with Crippen molar-refractivity contribution in [3.63, 3.8) is 0 Å². The lowest BCUT2D eigenvalue weighted by Gasteiger charge is -2.19. The molecular formula is C25H23N5O. The second-order valence-electron chi connectivity index (χ2n) is 8.46. The Morgan fingerprint density at radius 3 is 2.58 bits per heavy atom. The average molecular weight is 409 g/mol. The molecule has 6 heteroatoms. The van der Waals surface area contributed by atoms with Crippen LogP contribution in [0.5, 0.6) is 0 Å². The molecule has 0 aliphatic rings. The van der Waals surface area contributed by atoms with Gasteiger partial charge in [0.2, 0.25) is 0 Å². The van der Waals surface area contributed by atoms with Crippen molar-refractivity contribution in [2.24, 2.45) is 0 Å². The SMILES string of the molecule is CC(C)(C)c1ccc(C(=O)NCc2ccc(-c3ncnc4[nH]ccc34)cc2C#N)cc1. The van der Waals surface area contributed by atoms with Crippen molar-refractivity contribution in [2.45, 2.75) is 32.7 Å². The molecule has 0 spiro atoms. The van der Waals surface area contributed by atoms with Gasteiger partial charge in [0.25, 0.3) is 5.91 Å². The summed E-state index contributed by atoms with van der Waals surface area (Å²) in [6.07, 6.45) is 3.31. The molecule has 154 valence electrons. The molecule has 0 bridgehead atoms. The number of carbonyl (C=O) groups excluding carboxylic acids is 1. The third-order valence-corrected chi connectivity index (χ3v) is 5.31. The molecule has 1 amide bonds. The molecule has 0 radical (unpaired) electrons. The fraction of sp³-hybridized carbons (Fsp3) is 0.200. The minimum atomic E-state index is -0.168. The fourth-order valence-corrected chi connectivity index (χ4v) is 3.48. The zero-order valence-corrected chi connectivity index (χ0v) is 17.7. The van der Waals surface area contributed by atoms with Gasteiger partial charge in [0.15, 0.2) is 0 Å². The number of aromatic nitrogens is 3. The van der Waals surface area contributed by atoms with E-state index in [0.29, 0.717) is 11.1 Å². The van der Waals surface area contributed by atoms with Gasteiger partial charge in [-0.1, -0.05) is 45.0 Å². The summed E-state index contributed by atoms with van der Waals surface area (Å²) < 4.78 is 0. The zero-order chi connectivity index (χ0) is 22.0. The summed E-state index contributed by atoms with van der Waals surface area (Å²) in [6.45, 7) is 6.68. The van der Waals surface area contributed by atoms with Gasteiger partial charge in [0.1, 0.15) is 12.0 Å². The number of benzene rings is 2. The first-order valence-electron chi connectivity index (χ1n) is 10.1. The Morgan fingerprint density at radius 1 is 1.10 bits per heavy atom. The number of nitriles is 1. The van der Waals surface area contributed by atoms with E-state index >= 15 is 0 Å². The Kier molecular flexibility index (Phi) is 5.26. The van der Waals surface area contributed by atoms with Gasteiger partial charge in [0.05, 0.1) is 17.3 Å². The molecule has 2 aromatic heterocycles. The quantitative estimate of drug-likeness (QED) is 0.510. The molecule has 0 aliphatic heterocycles. The van der Waals surface area contributed by atoms with Crippen LogP contribution in [0, 0.1) is 11.3 Å². The maximum atomic E-state index is 12.6. The molecule has 0 unspecified atom stereocenters. The molecule has 31 heavy (non-hydrogen) atoms. The Bertz CT molecular complexity index is 1290. The number of fused-ring (bicyclic) bond motifs is 1. The van der Waals surface area contributed by atoms with Gasteiger partial charge in [-0.15, -0.1) is 0 Å². The van der Waals surface area contributed by atoms with Crippen molar-refractivity contribution in [1.82, 2.24) is 20.3 Å². The number of amides is 1. The van der Waals surface area contributed by atoms with E-state index in [1.54, 1.807) is 6.07 Å². The first-order chi connectivity index (χ1) is 14.9. The standard InChI is InChI=1S/C25H23N5O/c1-25(2,3)20-8-6-16(7-9-20)24(31)28-14-18-5-4-17(12-19(18)13-26)22-21-10-11-27-23(21)30-15-29-22/h4-12,15H,14H2,1-3H3,(H,28,31)(H,27,29,30). The van der Waals surface area contributed by atoms with Crippen LogP contribution in [0.3, 0.4) is 0 Å². The van der Waals surface area contributed by atoms with Gasteiger partial charge in [-0.2, -0.15) is 5.26 Å². The molecule has 0 aliphatic carbocycles. The van der Waals surface area contributed by atoms with E-state index in [1.807, 2.05) is 48.7 Å². The lowest BCUT2D eigenvalue weighted by molar-refractivity contribution is 0.0951. The number of hydrogen-bond acceptors (Lipinski definition) is 4. The van der Waals surface area contributed by atoms with Crippen LogP contribution >= 0.6 is 0 Å². The molecule has 6 nitrogen and oxygen atoms in total. The summed E-state index contributed by atoms with van der Waals surface area (Å²) in [5, 5.41) is 13.5. The Hall–Kier alpha value is -3.98. The lowest BCUT2D eigenvalue weighted by Crippen LogP contribution is -2.23. The van der Waals surface area contributed by atoms with Crippen LogP contribution in [-0.2, 0) is 12.0 Å². The van der Waals surface area contributed by atoms with Crippen molar-refractivity contribution in [3.8, 4) is 17.3 Å². The van der Waals surface area contributed by atoms with Gasteiger partial charge < -0.3 is 10.3 Å². The molecule has 2 heterocycles. The number of nitrogens with one attached hydrogen (secondary N) is 2. The maximum absolute atomic E-state index is 12.6. The number of carbonyl (C=O) groups is 1. The minimum absolute atomic E-state index is 0.0358. The van der Waals surface area contributed by atoms with Crippen molar-refractivity contribution >= 4 is 16.9 Å². The number of nitrogens with zero attached hydrogens (tertiary/aromatic N) is 3. The average Bonchev–Trinajstić information content (AvgIpc) is 3.26. The van der Waals surface area contributed by atoms with Crippen molar-refractivity contribution in [1.29, 1.82) is 5.26 Å². The maximum Gasteiger partial charge on any atom is 0.251 e. The molecule has 2 aromatic carbocycles. The number of aromatic amines is 1. The summed E-state index contributed by atoms with van der Waals surface area (Å²) in [4.78, 5) is 24.2. The molecule has 0 saturated heterocycles. The fourth-order valence-electron chi connectivity index (χ4n) is 3.48. The highest BCUT2D eigenvalue weighted by Crippen LogP contribution is 2.27. The van der Waals surface area contributed by atoms with Crippen LogP contribution in [0.4, 0.5) is 0 Å². The third kappa shape index (κ3) is 4.17. The van der Waals surface area contributed by atoms with Gasteiger partial charge in [-0.05, 0) is 40.8 Å². The van der Waals surface area contributed by atoms with Crippen LogP contribution in [0.1, 0.15) is 47.8 Å². The molecule has 4 aromatic rings. The van der Waals surface area contributed by atoms with E-state index in [9.17, 15) is 10.1 Å². The largest absolute Gasteiger partial charge is 0.348 e. The third-order valence-electron chi connectivity index (χ3n) is 5.31. The van der Waals surface area contributed by atoms with Crippen molar-refractivity contribution < 1.29 is 4.79 Å². The molecule has 0 fully saturated rings. The van der Waals surface area contributed by atoms with Crippen LogP contribution in [0.2, 0.25) is 0 Å². The number of hydrogen-bond donors (Lipinski definition) is 2. The van der Waals surface area contributed by atoms with E-state index in [-0.39, 0.29) is 17.9 Å². The Balaban J connectivity index is 1.52. The predicted octanol–water partition coefficient (Wildman–Crippen LogP) is 4.72. The molecule has 0 saturated carbocycles. The minimum Gasteiger partial charge on any atom is -0.348 e. The van der Waals surface area contributed by atoms with Gasteiger partial charge in [0, 0.05) is 29.3 Å². The number of rotatable bonds is 4. The molecule has 2 N–H and O–H groups in total. The predicted molar refractivity (Wildman–Crippen MR) is 120 cm³/mol. The second kappa shape index (κ2) is 8.04. The van der Waals surface area contributed by atoms with Crippen molar-refractivity contribution in [3.05, 3.63) is 83.3 Å². The topological polar surface area (TPSA) is 94.5 Å². The highest BCUT2D eigenvalue weighted by atomic mass is 16.1.